The van der Waals surface area contributed by atoms with Gasteiger partial charge in [-0.15, -0.1) is 0 Å². The van der Waals surface area contributed by atoms with E-state index in [0.29, 0.717) is 0 Å². The van der Waals surface area contributed by atoms with Crippen LogP contribution in [0.5, 0.6) is 0 Å². The summed E-state index contributed by atoms with van der Waals surface area (Å²) in [6.45, 7) is 0. The molecule has 57 heavy (non-hydrogen) atoms. The molecule has 3 aromatic heterocycles. The van der Waals surface area contributed by atoms with Crippen LogP contribution in [0, 0.1) is 0 Å². The van der Waals surface area contributed by atoms with E-state index in [4.69, 9.17) is 0 Å². The van der Waals surface area contributed by atoms with Crippen molar-refractivity contribution < 1.29 is 0 Å². The molecule has 0 fully saturated rings. The predicted octanol–water partition coefficient (Wildman–Crippen LogP) is 14.3. The second kappa shape index (κ2) is 12.5. The van der Waals surface area contributed by atoms with Crippen LogP contribution in [0.1, 0.15) is 0 Å². The highest BCUT2D eigenvalue weighted by atomic mass is 15.0. The first kappa shape index (κ1) is 31.7. The number of nitrogens with zero attached hydrogens (tertiary/aromatic N) is 3. The molecule has 0 aliphatic rings. The van der Waals surface area contributed by atoms with Crippen LogP contribution in [0.25, 0.3) is 105 Å². The van der Waals surface area contributed by atoms with E-state index in [1.807, 2.05) is 0 Å². The molecule has 9 aromatic carbocycles. The lowest BCUT2D eigenvalue weighted by Crippen LogP contribution is -1.99. The third-order valence-corrected chi connectivity index (χ3v) is 11.8. The second-order valence-electron chi connectivity index (χ2n) is 14.9. The minimum Gasteiger partial charge on any atom is -0.309 e. The molecule has 0 saturated heterocycles. The summed E-state index contributed by atoms with van der Waals surface area (Å²) in [5.74, 6) is 0. The maximum Gasteiger partial charge on any atom is 0.0549 e. The molecule has 0 radical (unpaired) electrons. The number of rotatable bonds is 5. The highest BCUT2D eigenvalue weighted by Crippen LogP contribution is 2.45. The number of hydrogen-bond acceptors (Lipinski definition) is 0. The molecule has 266 valence electrons. The van der Waals surface area contributed by atoms with Crippen LogP contribution in [-0.2, 0) is 0 Å². The Bertz CT molecular complexity index is 3500. The lowest BCUT2D eigenvalue weighted by molar-refractivity contribution is 1.17. The summed E-state index contributed by atoms with van der Waals surface area (Å²) in [4.78, 5) is 0. The average Bonchev–Trinajstić information content (AvgIpc) is 3.92. The van der Waals surface area contributed by atoms with Gasteiger partial charge in [-0.25, -0.2) is 0 Å². The maximum atomic E-state index is 2.51. The van der Waals surface area contributed by atoms with Crippen LogP contribution in [-0.4, -0.2) is 13.7 Å². The highest BCUT2D eigenvalue weighted by molar-refractivity contribution is 6.29. The maximum absolute atomic E-state index is 2.51. The fraction of sp³-hybridized carbons (Fsp3) is 0. The first-order chi connectivity index (χ1) is 28.3. The van der Waals surface area contributed by atoms with Gasteiger partial charge in [0.15, 0.2) is 0 Å². The summed E-state index contributed by atoms with van der Waals surface area (Å²) in [6.07, 6.45) is 0. The van der Waals surface area contributed by atoms with Crippen LogP contribution in [0.4, 0.5) is 0 Å². The summed E-state index contributed by atoms with van der Waals surface area (Å²) < 4.78 is 7.34. The fourth-order valence-electron chi connectivity index (χ4n) is 9.40. The van der Waals surface area contributed by atoms with E-state index >= 15 is 0 Å². The SMILES string of the molecule is c1ccc(-c2ccc(-c3ccc4c5ccccc5n(-c5ccccc5)c4c3)c(-n3c4ccccc4c4c5c6ccccc6n(-c6ccccc6)c5ccc43)c2)cc1. The summed E-state index contributed by atoms with van der Waals surface area (Å²) in [5, 5.41) is 7.53. The molecule has 0 aliphatic carbocycles. The van der Waals surface area contributed by atoms with E-state index in [-0.39, 0.29) is 0 Å². The molecule has 12 aromatic rings. The van der Waals surface area contributed by atoms with E-state index in [0.717, 1.165) is 17.1 Å². The monoisotopic (exact) mass is 725 g/mol. The third kappa shape index (κ3) is 4.73. The Balaban J connectivity index is 1.19. The zero-order chi connectivity index (χ0) is 37.5. The van der Waals surface area contributed by atoms with Gasteiger partial charge in [-0.2, -0.15) is 0 Å². The van der Waals surface area contributed by atoms with E-state index < -0.39 is 0 Å². The van der Waals surface area contributed by atoms with Gasteiger partial charge in [0.05, 0.1) is 38.8 Å². The smallest absolute Gasteiger partial charge is 0.0549 e. The van der Waals surface area contributed by atoms with E-state index in [2.05, 4.69) is 226 Å². The Morgan fingerprint density at radius 3 is 1.33 bits per heavy atom. The van der Waals surface area contributed by atoms with Crippen molar-refractivity contribution in [3.8, 4) is 39.3 Å². The Hall–Kier alpha value is -7.62. The molecule has 0 amide bonds. The lowest BCUT2D eigenvalue weighted by Gasteiger charge is -2.17. The number of para-hydroxylation sites is 5. The Kier molecular flexibility index (Phi) is 6.93. The molecule has 0 saturated carbocycles. The molecule has 3 heteroatoms. The van der Waals surface area contributed by atoms with E-state index in [1.54, 1.807) is 0 Å². The van der Waals surface area contributed by atoms with E-state index in [1.165, 1.54) is 87.7 Å². The Morgan fingerprint density at radius 1 is 0.246 bits per heavy atom. The van der Waals surface area contributed by atoms with Gasteiger partial charge in [-0.1, -0.05) is 146 Å². The van der Waals surface area contributed by atoms with Crippen molar-refractivity contribution in [3.05, 3.63) is 212 Å². The van der Waals surface area contributed by atoms with Crippen molar-refractivity contribution >= 4 is 65.4 Å². The molecule has 0 N–H and O–H groups in total. The summed E-state index contributed by atoms with van der Waals surface area (Å²) in [5.41, 5.74) is 15.4. The van der Waals surface area contributed by atoms with Gasteiger partial charge in [-0.05, 0) is 83.4 Å². The van der Waals surface area contributed by atoms with Crippen LogP contribution < -0.4 is 0 Å². The number of aromatic nitrogens is 3. The molecule has 0 spiro atoms. The number of fused-ring (bicyclic) bond motifs is 10. The van der Waals surface area contributed by atoms with Crippen LogP contribution >= 0.6 is 0 Å². The Labute approximate surface area is 329 Å². The molecule has 0 bridgehead atoms. The fourth-order valence-corrected chi connectivity index (χ4v) is 9.40. The summed E-state index contributed by atoms with van der Waals surface area (Å²) in [7, 11) is 0. The molecule has 3 heterocycles. The van der Waals surface area contributed by atoms with Crippen LogP contribution in [0.3, 0.4) is 0 Å². The van der Waals surface area contributed by atoms with Gasteiger partial charge in [0.1, 0.15) is 0 Å². The topological polar surface area (TPSA) is 14.8 Å². The summed E-state index contributed by atoms with van der Waals surface area (Å²) >= 11 is 0. The van der Waals surface area contributed by atoms with E-state index in [9.17, 15) is 0 Å². The number of hydrogen-bond donors (Lipinski definition) is 0. The van der Waals surface area contributed by atoms with Crippen LogP contribution in [0.15, 0.2) is 212 Å². The largest absolute Gasteiger partial charge is 0.309 e. The highest BCUT2D eigenvalue weighted by Gasteiger charge is 2.23. The molecular weight excluding hydrogens is 691 g/mol. The molecule has 3 nitrogen and oxygen atoms in total. The van der Waals surface area contributed by atoms with Gasteiger partial charge < -0.3 is 13.7 Å². The predicted molar refractivity (Wildman–Crippen MR) is 240 cm³/mol. The van der Waals surface area contributed by atoms with Crippen molar-refractivity contribution in [2.45, 2.75) is 0 Å². The zero-order valence-corrected chi connectivity index (χ0v) is 31.0. The molecular formula is C54H35N3. The van der Waals surface area contributed by atoms with Gasteiger partial charge in [0.2, 0.25) is 0 Å². The molecule has 12 rings (SSSR count). The Morgan fingerprint density at radius 2 is 0.702 bits per heavy atom. The minimum atomic E-state index is 1.15. The first-order valence-corrected chi connectivity index (χ1v) is 19.6. The zero-order valence-electron chi connectivity index (χ0n) is 31.0. The van der Waals surface area contributed by atoms with Gasteiger partial charge in [-0.3, -0.25) is 0 Å². The van der Waals surface area contributed by atoms with Crippen LogP contribution in [0.2, 0.25) is 0 Å². The number of benzene rings is 9. The normalized spacial score (nSPS) is 11.9. The average molecular weight is 726 g/mol. The standard InChI is InChI=1S/C54H35N3/c1-4-16-36(17-5-1)37-28-30-41(38-29-31-43-42-22-10-13-25-46(42)56(52(43)35-38)40-20-8-3-9-21-40)51(34-37)57-48-27-15-12-24-45(48)54-50(57)33-32-49-53(54)44-23-11-14-26-47(44)55(49)39-18-6-2-7-19-39/h1-35H. The van der Waals surface area contributed by atoms with Crippen molar-refractivity contribution in [1.29, 1.82) is 0 Å². The lowest BCUT2D eigenvalue weighted by atomic mass is 9.97. The summed E-state index contributed by atoms with van der Waals surface area (Å²) in [6, 6.07) is 77.4. The molecule has 0 atom stereocenters. The van der Waals surface area contributed by atoms with Gasteiger partial charge in [0, 0.05) is 49.3 Å². The van der Waals surface area contributed by atoms with Crippen molar-refractivity contribution in [3.63, 3.8) is 0 Å². The second-order valence-corrected chi connectivity index (χ2v) is 14.9. The third-order valence-electron chi connectivity index (χ3n) is 11.8. The first-order valence-electron chi connectivity index (χ1n) is 19.6. The van der Waals surface area contributed by atoms with Gasteiger partial charge >= 0.3 is 0 Å². The quantitative estimate of drug-likeness (QED) is 0.168. The van der Waals surface area contributed by atoms with Crippen molar-refractivity contribution in [2.75, 3.05) is 0 Å². The van der Waals surface area contributed by atoms with Gasteiger partial charge in [0.25, 0.3) is 0 Å². The molecule has 0 aliphatic heterocycles. The van der Waals surface area contributed by atoms with Crippen molar-refractivity contribution in [2.24, 2.45) is 0 Å². The molecule has 0 unspecified atom stereocenters. The minimum absolute atomic E-state index is 1.15. The van der Waals surface area contributed by atoms with Crippen molar-refractivity contribution in [1.82, 2.24) is 13.7 Å².